The highest BCUT2D eigenvalue weighted by atomic mass is 35.5. The number of rotatable bonds is 4. The SMILES string of the molecule is COc1ccc(CNC(=S)NNC(=O)c2ccc(Cl)cc2)cc1. The van der Waals surface area contributed by atoms with Gasteiger partial charge >= 0.3 is 0 Å². The third-order valence-electron chi connectivity index (χ3n) is 3.01. The van der Waals surface area contributed by atoms with Gasteiger partial charge in [-0.3, -0.25) is 15.6 Å². The number of nitrogens with one attached hydrogen (secondary N) is 3. The maximum atomic E-state index is 11.9. The number of hydrogen-bond donors (Lipinski definition) is 3. The molecule has 0 bridgehead atoms. The number of hydrazine groups is 1. The standard InChI is InChI=1S/C16H16ClN3O2S/c1-22-14-8-2-11(3-9-14)10-18-16(23)20-19-15(21)12-4-6-13(17)7-5-12/h2-9H,10H2,1H3,(H,19,21)(H2,18,20,23). The zero-order valence-electron chi connectivity index (χ0n) is 12.4. The Morgan fingerprint density at radius 2 is 1.74 bits per heavy atom. The van der Waals surface area contributed by atoms with Crippen LogP contribution >= 0.6 is 23.8 Å². The predicted molar refractivity (Wildman–Crippen MR) is 94.5 cm³/mol. The van der Waals surface area contributed by atoms with Gasteiger partial charge in [0.25, 0.3) is 5.91 Å². The van der Waals surface area contributed by atoms with Crippen LogP contribution in [0.1, 0.15) is 15.9 Å². The second-order valence-corrected chi connectivity index (χ2v) is 5.46. The Morgan fingerprint density at radius 3 is 2.35 bits per heavy atom. The Morgan fingerprint density at radius 1 is 1.09 bits per heavy atom. The minimum absolute atomic E-state index is 0.296. The Balaban J connectivity index is 1.76. The lowest BCUT2D eigenvalue weighted by atomic mass is 10.2. The number of thiocarbonyl (C=S) groups is 1. The summed E-state index contributed by atoms with van der Waals surface area (Å²) in [7, 11) is 1.62. The van der Waals surface area contributed by atoms with Crippen LogP contribution in [0.5, 0.6) is 5.75 Å². The number of carbonyl (C=O) groups excluding carboxylic acids is 1. The van der Waals surface area contributed by atoms with Crippen molar-refractivity contribution in [1.82, 2.24) is 16.2 Å². The molecule has 0 aliphatic carbocycles. The van der Waals surface area contributed by atoms with E-state index in [9.17, 15) is 4.79 Å². The molecular formula is C16H16ClN3O2S. The van der Waals surface area contributed by atoms with Gasteiger partial charge in [-0.25, -0.2) is 0 Å². The van der Waals surface area contributed by atoms with E-state index in [4.69, 9.17) is 28.6 Å². The van der Waals surface area contributed by atoms with Gasteiger partial charge in [0, 0.05) is 17.1 Å². The monoisotopic (exact) mass is 349 g/mol. The molecule has 3 N–H and O–H groups in total. The van der Waals surface area contributed by atoms with Gasteiger partial charge in [-0.2, -0.15) is 0 Å². The first-order chi connectivity index (χ1) is 11.1. The number of amides is 1. The van der Waals surface area contributed by atoms with Crippen LogP contribution in [0, 0.1) is 0 Å². The molecule has 0 aliphatic heterocycles. The van der Waals surface area contributed by atoms with Gasteiger partial charge in [0.15, 0.2) is 5.11 Å². The molecule has 0 atom stereocenters. The highest BCUT2D eigenvalue weighted by molar-refractivity contribution is 7.80. The molecular weight excluding hydrogens is 334 g/mol. The highest BCUT2D eigenvalue weighted by Gasteiger charge is 2.05. The first-order valence-electron chi connectivity index (χ1n) is 6.81. The first-order valence-corrected chi connectivity index (χ1v) is 7.60. The summed E-state index contributed by atoms with van der Waals surface area (Å²) in [5.74, 6) is 0.500. The van der Waals surface area contributed by atoms with Gasteiger partial charge in [-0.1, -0.05) is 23.7 Å². The molecule has 0 heterocycles. The lowest BCUT2D eigenvalue weighted by Gasteiger charge is -2.12. The summed E-state index contributed by atoms with van der Waals surface area (Å²) in [6.07, 6.45) is 0. The van der Waals surface area contributed by atoms with Crippen LogP contribution in [0.4, 0.5) is 0 Å². The lowest BCUT2D eigenvalue weighted by molar-refractivity contribution is 0.0943. The van der Waals surface area contributed by atoms with E-state index in [1.165, 1.54) is 0 Å². The molecule has 0 radical (unpaired) electrons. The Bertz CT molecular complexity index is 675. The maximum Gasteiger partial charge on any atom is 0.269 e. The van der Waals surface area contributed by atoms with Crippen LogP contribution in [-0.4, -0.2) is 18.1 Å². The zero-order chi connectivity index (χ0) is 16.7. The fraction of sp³-hybridized carbons (Fsp3) is 0.125. The molecule has 0 spiro atoms. The quantitative estimate of drug-likeness (QED) is 0.585. The predicted octanol–water partition coefficient (Wildman–Crippen LogP) is 2.66. The van der Waals surface area contributed by atoms with Crippen molar-refractivity contribution in [3.63, 3.8) is 0 Å². The third kappa shape index (κ3) is 5.43. The number of carbonyl (C=O) groups is 1. The van der Waals surface area contributed by atoms with Crippen LogP contribution in [0.15, 0.2) is 48.5 Å². The molecule has 1 amide bonds. The summed E-state index contributed by atoms with van der Waals surface area (Å²) in [6.45, 7) is 0.534. The molecule has 7 heteroatoms. The zero-order valence-corrected chi connectivity index (χ0v) is 14.0. The normalized spacial score (nSPS) is 9.83. The third-order valence-corrected chi connectivity index (χ3v) is 3.51. The Kier molecular flexibility index (Phi) is 6.19. The van der Waals surface area contributed by atoms with Gasteiger partial charge in [0.05, 0.1) is 7.11 Å². The smallest absolute Gasteiger partial charge is 0.269 e. The summed E-state index contributed by atoms with van der Waals surface area (Å²) in [6, 6.07) is 14.2. The van der Waals surface area contributed by atoms with Crippen molar-refractivity contribution < 1.29 is 9.53 Å². The molecule has 0 unspecified atom stereocenters. The van der Waals surface area contributed by atoms with Crippen LogP contribution < -0.4 is 20.9 Å². The van der Waals surface area contributed by atoms with E-state index in [0.29, 0.717) is 22.2 Å². The van der Waals surface area contributed by atoms with E-state index in [-0.39, 0.29) is 5.91 Å². The summed E-state index contributed by atoms with van der Waals surface area (Å²) in [5.41, 5.74) is 6.70. The molecule has 0 saturated heterocycles. The van der Waals surface area contributed by atoms with E-state index < -0.39 is 0 Å². The van der Waals surface area contributed by atoms with Gasteiger partial charge in [-0.05, 0) is 54.2 Å². The molecule has 0 saturated carbocycles. The van der Waals surface area contributed by atoms with E-state index in [2.05, 4.69) is 16.2 Å². The van der Waals surface area contributed by atoms with Gasteiger partial charge in [0.2, 0.25) is 0 Å². The van der Waals surface area contributed by atoms with Gasteiger partial charge < -0.3 is 10.1 Å². The number of benzene rings is 2. The van der Waals surface area contributed by atoms with E-state index >= 15 is 0 Å². The van der Waals surface area contributed by atoms with E-state index in [1.807, 2.05) is 24.3 Å². The summed E-state index contributed by atoms with van der Waals surface area (Å²) in [5, 5.41) is 3.89. The molecule has 23 heavy (non-hydrogen) atoms. The van der Waals surface area contributed by atoms with Crippen molar-refractivity contribution in [3.8, 4) is 5.75 Å². The van der Waals surface area contributed by atoms with Gasteiger partial charge in [0.1, 0.15) is 5.75 Å². The van der Waals surface area contributed by atoms with Crippen LogP contribution in [-0.2, 0) is 6.54 Å². The first kappa shape index (κ1) is 17.1. The average molecular weight is 350 g/mol. The van der Waals surface area contributed by atoms with E-state index in [0.717, 1.165) is 11.3 Å². The fourth-order valence-electron chi connectivity index (χ4n) is 1.76. The fourth-order valence-corrected chi connectivity index (χ4v) is 2.01. The topological polar surface area (TPSA) is 62.4 Å². The Labute approximate surface area is 145 Å². The highest BCUT2D eigenvalue weighted by Crippen LogP contribution is 2.11. The minimum Gasteiger partial charge on any atom is -0.497 e. The second kappa shape index (κ2) is 8.36. The summed E-state index contributed by atoms with van der Waals surface area (Å²) >= 11 is 10.9. The molecule has 2 rings (SSSR count). The van der Waals surface area contributed by atoms with E-state index in [1.54, 1.807) is 31.4 Å². The molecule has 5 nitrogen and oxygen atoms in total. The van der Waals surface area contributed by atoms with Crippen molar-refractivity contribution in [2.75, 3.05) is 7.11 Å². The summed E-state index contributed by atoms with van der Waals surface area (Å²) < 4.78 is 5.09. The molecule has 120 valence electrons. The molecule has 2 aromatic rings. The molecule has 0 aliphatic rings. The van der Waals surface area contributed by atoms with Crippen molar-refractivity contribution >= 4 is 34.8 Å². The molecule has 0 aromatic heterocycles. The van der Waals surface area contributed by atoms with Crippen molar-refractivity contribution in [2.24, 2.45) is 0 Å². The largest absolute Gasteiger partial charge is 0.497 e. The van der Waals surface area contributed by atoms with Crippen LogP contribution in [0.3, 0.4) is 0 Å². The van der Waals surface area contributed by atoms with Crippen molar-refractivity contribution in [1.29, 1.82) is 0 Å². The molecule has 2 aromatic carbocycles. The Hall–Kier alpha value is -2.31. The maximum absolute atomic E-state index is 11.9. The van der Waals surface area contributed by atoms with Crippen LogP contribution in [0.25, 0.3) is 0 Å². The number of hydrogen-bond acceptors (Lipinski definition) is 3. The number of methoxy groups -OCH3 is 1. The van der Waals surface area contributed by atoms with Crippen LogP contribution in [0.2, 0.25) is 5.02 Å². The van der Waals surface area contributed by atoms with Crippen molar-refractivity contribution in [3.05, 3.63) is 64.7 Å². The minimum atomic E-state index is -0.296. The average Bonchev–Trinajstić information content (AvgIpc) is 2.59. The number of halogens is 1. The number of ether oxygens (including phenoxy) is 1. The van der Waals surface area contributed by atoms with Crippen molar-refractivity contribution in [2.45, 2.75) is 6.54 Å². The summed E-state index contributed by atoms with van der Waals surface area (Å²) in [4.78, 5) is 11.9. The second-order valence-electron chi connectivity index (χ2n) is 4.62. The molecule has 0 fully saturated rings. The lowest BCUT2D eigenvalue weighted by Crippen LogP contribution is -2.46. The van der Waals surface area contributed by atoms with Gasteiger partial charge in [-0.15, -0.1) is 0 Å².